The molecular formula is C12H21N3. The maximum atomic E-state index is 4.44. The van der Waals surface area contributed by atoms with E-state index < -0.39 is 0 Å². The summed E-state index contributed by atoms with van der Waals surface area (Å²) in [4.78, 5) is 0. The molecule has 0 amide bonds. The van der Waals surface area contributed by atoms with E-state index in [4.69, 9.17) is 0 Å². The lowest BCUT2D eigenvalue weighted by Gasteiger charge is -2.33. The van der Waals surface area contributed by atoms with Crippen molar-refractivity contribution < 1.29 is 0 Å². The molecule has 0 aliphatic heterocycles. The molecule has 1 fully saturated rings. The van der Waals surface area contributed by atoms with Crippen molar-refractivity contribution in [2.45, 2.75) is 52.7 Å². The van der Waals surface area contributed by atoms with Gasteiger partial charge in [-0.15, -0.1) is 0 Å². The molecule has 1 heterocycles. The summed E-state index contributed by atoms with van der Waals surface area (Å²) < 4.78 is 2.09. The first-order chi connectivity index (χ1) is 7.19. The average Bonchev–Trinajstić information content (AvgIpc) is 2.52. The Balaban J connectivity index is 1.87. The maximum absolute atomic E-state index is 4.44. The number of aromatic nitrogens is 2. The van der Waals surface area contributed by atoms with E-state index in [1.54, 1.807) is 0 Å². The molecule has 0 saturated heterocycles. The van der Waals surface area contributed by atoms with Gasteiger partial charge >= 0.3 is 0 Å². The Morgan fingerprint density at radius 2 is 2.27 bits per heavy atom. The highest BCUT2D eigenvalue weighted by Crippen LogP contribution is 2.26. The number of hydrogen-bond acceptors (Lipinski definition) is 2. The van der Waals surface area contributed by atoms with Gasteiger partial charge in [-0.25, -0.2) is 0 Å². The van der Waals surface area contributed by atoms with E-state index in [1.165, 1.54) is 18.5 Å². The summed E-state index contributed by atoms with van der Waals surface area (Å²) in [6.45, 7) is 8.44. The van der Waals surface area contributed by atoms with Gasteiger partial charge in [-0.2, -0.15) is 5.10 Å². The zero-order valence-electron chi connectivity index (χ0n) is 9.95. The van der Waals surface area contributed by atoms with Crippen LogP contribution in [0.3, 0.4) is 0 Å². The maximum Gasteiger partial charge on any atom is 0.0597 e. The van der Waals surface area contributed by atoms with Crippen LogP contribution < -0.4 is 5.32 Å². The molecule has 0 spiro atoms. The molecule has 1 N–H and O–H groups in total. The quantitative estimate of drug-likeness (QED) is 0.819. The molecule has 0 unspecified atom stereocenters. The summed E-state index contributed by atoms with van der Waals surface area (Å²) in [5.74, 6) is 0.917. The molecule has 3 heteroatoms. The highest BCUT2D eigenvalue weighted by molar-refractivity contribution is 5.09. The third-order valence-corrected chi connectivity index (χ3v) is 3.23. The van der Waals surface area contributed by atoms with Gasteiger partial charge in [-0.1, -0.05) is 6.92 Å². The van der Waals surface area contributed by atoms with E-state index in [-0.39, 0.29) is 0 Å². The van der Waals surface area contributed by atoms with Gasteiger partial charge in [0.25, 0.3) is 0 Å². The molecule has 3 nitrogen and oxygen atoms in total. The number of aryl methyl sites for hydroxylation is 2. The average molecular weight is 207 g/mol. The molecule has 1 saturated carbocycles. The summed E-state index contributed by atoms with van der Waals surface area (Å²) in [5.41, 5.74) is 2.44. The SMILES string of the molecule is CCn1nc(C)cc1CNC1CC(C)C1. The van der Waals surface area contributed by atoms with E-state index in [0.717, 1.165) is 30.7 Å². The van der Waals surface area contributed by atoms with Crippen LogP contribution in [0.1, 0.15) is 38.1 Å². The van der Waals surface area contributed by atoms with Crippen LogP contribution >= 0.6 is 0 Å². The fourth-order valence-corrected chi connectivity index (χ4v) is 2.33. The third-order valence-electron chi connectivity index (χ3n) is 3.23. The number of nitrogens with zero attached hydrogens (tertiary/aromatic N) is 2. The fourth-order valence-electron chi connectivity index (χ4n) is 2.33. The second-order valence-electron chi connectivity index (χ2n) is 4.75. The molecule has 0 radical (unpaired) electrons. The Morgan fingerprint density at radius 1 is 1.53 bits per heavy atom. The lowest BCUT2D eigenvalue weighted by Crippen LogP contribution is -2.39. The van der Waals surface area contributed by atoms with E-state index in [1.807, 2.05) is 0 Å². The zero-order chi connectivity index (χ0) is 10.8. The van der Waals surface area contributed by atoms with Gasteiger partial charge in [-0.05, 0) is 38.7 Å². The molecule has 0 bridgehead atoms. The van der Waals surface area contributed by atoms with Crippen molar-refractivity contribution >= 4 is 0 Å². The van der Waals surface area contributed by atoms with Crippen LogP contribution in [0.4, 0.5) is 0 Å². The minimum atomic E-state index is 0.737. The smallest absolute Gasteiger partial charge is 0.0597 e. The van der Waals surface area contributed by atoms with E-state index in [9.17, 15) is 0 Å². The van der Waals surface area contributed by atoms with Crippen molar-refractivity contribution in [2.75, 3.05) is 0 Å². The Kier molecular flexibility index (Phi) is 3.10. The first-order valence-corrected chi connectivity index (χ1v) is 5.95. The topological polar surface area (TPSA) is 29.9 Å². The van der Waals surface area contributed by atoms with E-state index >= 15 is 0 Å². The lowest BCUT2D eigenvalue weighted by molar-refractivity contribution is 0.238. The Morgan fingerprint density at radius 3 is 2.87 bits per heavy atom. The standard InChI is InChI=1S/C12H21N3/c1-4-15-12(7-10(3)14-15)8-13-11-5-9(2)6-11/h7,9,11,13H,4-6,8H2,1-3H3. The highest BCUT2D eigenvalue weighted by atomic mass is 15.3. The Bertz CT molecular complexity index is 324. The molecule has 1 aliphatic carbocycles. The molecule has 0 aromatic carbocycles. The minimum absolute atomic E-state index is 0.737. The predicted molar refractivity (Wildman–Crippen MR) is 61.7 cm³/mol. The van der Waals surface area contributed by atoms with Crippen molar-refractivity contribution in [1.82, 2.24) is 15.1 Å². The number of nitrogens with one attached hydrogen (secondary N) is 1. The molecule has 15 heavy (non-hydrogen) atoms. The third kappa shape index (κ3) is 2.40. The van der Waals surface area contributed by atoms with Gasteiger partial charge in [0, 0.05) is 19.1 Å². The first kappa shape index (κ1) is 10.7. The summed E-state index contributed by atoms with van der Waals surface area (Å²) >= 11 is 0. The first-order valence-electron chi connectivity index (χ1n) is 5.95. The highest BCUT2D eigenvalue weighted by Gasteiger charge is 2.24. The largest absolute Gasteiger partial charge is 0.308 e. The van der Waals surface area contributed by atoms with Crippen molar-refractivity contribution in [3.63, 3.8) is 0 Å². The molecule has 2 rings (SSSR count). The predicted octanol–water partition coefficient (Wildman–Crippen LogP) is 2.10. The minimum Gasteiger partial charge on any atom is -0.308 e. The molecule has 84 valence electrons. The molecule has 1 aromatic heterocycles. The zero-order valence-corrected chi connectivity index (χ0v) is 9.95. The Hall–Kier alpha value is -0.830. The molecule has 1 aromatic rings. The van der Waals surface area contributed by atoms with Crippen LogP contribution in [-0.4, -0.2) is 15.8 Å². The van der Waals surface area contributed by atoms with Gasteiger partial charge in [0.15, 0.2) is 0 Å². The van der Waals surface area contributed by atoms with E-state index in [2.05, 4.69) is 41.9 Å². The van der Waals surface area contributed by atoms with Crippen molar-refractivity contribution in [1.29, 1.82) is 0 Å². The number of rotatable bonds is 4. The molecule has 0 atom stereocenters. The summed E-state index contributed by atoms with van der Waals surface area (Å²) in [5, 5.41) is 8.04. The monoisotopic (exact) mass is 207 g/mol. The Labute approximate surface area is 91.9 Å². The van der Waals surface area contributed by atoms with Gasteiger partial charge < -0.3 is 5.32 Å². The van der Waals surface area contributed by atoms with Crippen LogP contribution in [0, 0.1) is 12.8 Å². The van der Waals surface area contributed by atoms with Crippen LogP contribution in [-0.2, 0) is 13.1 Å². The van der Waals surface area contributed by atoms with Gasteiger partial charge in [-0.3, -0.25) is 4.68 Å². The van der Waals surface area contributed by atoms with Crippen molar-refractivity contribution in [3.8, 4) is 0 Å². The van der Waals surface area contributed by atoms with Crippen LogP contribution in [0.5, 0.6) is 0 Å². The van der Waals surface area contributed by atoms with Gasteiger partial charge in [0.05, 0.1) is 11.4 Å². The van der Waals surface area contributed by atoms with Crippen LogP contribution in [0.15, 0.2) is 6.07 Å². The fraction of sp³-hybridized carbons (Fsp3) is 0.750. The van der Waals surface area contributed by atoms with Crippen molar-refractivity contribution in [2.24, 2.45) is 5.92 Å². The molecule has 1 aliphatic rings. The second-order valence-corrected chi connectivity index (χ2v) is 4.75. The van der Waals surface area contributed by atoms with Gasteiger partial charge in [0.2, 0.25) is 0 Å². The van der Waals surface area contributed by atoms with E-state index in [0.29, 0.717) is 0 Å². The second kappa shape index (κ2) is 4.35. The van der Waals surface area contributed by atoms with Gasteiger partial charge in [0.1, 0.15) is 0 Å². The molecular weight excluding hydrogens is 186 g/mol. The van der Waals surface area contributed by atoms with Crippen LogP contribution in [0.2, 0.25) is 0 Å². The lowest BCUT2D eigenvalue weighted by atomic mass is 9.82. The van der Waals surface area contributed by atoms with Crippen molar-refractivity contribution in [3.05, 3.63) is 17.5 Å². The van der Waals surface area contributed by atoms with Crippen LogP contribution in [0.25, 0.3) is 0 Å². The summed E-state index contributed by atoms with van der Waals surface area (Å²) in [6, 6.07) is 2.92. The summed E-state index contributed by atoms with van der Waals surface area (Å²) in [7, 11) is 0. The summed E-state index contributed by atoms with van der Waals surface area (Å²) in [6.07, 6.45) is 2.67. The normalized spacial score (nSPS) is 25.3. The number of hydrogen-bond donors (Lipinski definition) is 1.